The van der Waals surface area contributed by atoms with E-state index in [-0.39, 0.29) is 17.4 Å². The summed E-state index contributed by atoms with van der Waals surface area (Å²) in [6.45, 7) is 1.09. The number of rotatable bonds is 5. The predicted molar refractivity (Wildman–Crippen MR) is 113 cm³/mol. The second-order valence-electron chi connectivity index (χ2n) is 8.22. The molecule has 4 rings (SSSR count). The second kappa shape index (κ2) is 9.28. The maximum Gasteiger partial charge on any atom is 0.258 e. The van der Waals surface area contributed by atoms with Crippen molar-refractivity contribution >= 4 is 17.5 Å². The number of fused-ring (bicyclic) bond motifs is 1. The maximum absolute atomic E-state index is 13.8. The van der Waals surface area contributed by atoms with Crippen molar-refractivity contribution in [2.45, 2.75) is 38.5 Å². The molecule has 2 aliphatic rings. The Bertz CT molecular complexity index is 924. The Hall–Kier alpha value is -2.89. The Morgan fingerprint density at radius 1 is 1.07 bits per heavy atom. The number of ether oxygens (including phenoxy) is 1. The SMILES string of the molecule is O=C(Nc1ccc2c(c1)C[C@@H](C(=O)NCC1CCCCC1)CO2)c1ccccc1F. The van der Waals surface area contributed by atoms with E-state index in [1.165, 1.54) is 44.2 Å². The number of anilines is 1. The van der Waals surface area contributed by atoms with Crippen LogP contribution in [0, 0.1) is 17.7 Å². The van der Waals surface area contributed by atoms with Gasteiger partial charge in [-0.15, -0.1) is 0 Å². The van der Waals surface area contributed by atoms with Crippen LogP contribution < -0.4 is 15.4 Å². The molecule has 0 bridgehead atoms. The van der Waals surface area contributed by atoms with Crippen LogP contribution in [0.2, 0.25) is 0 Å². The molecule has 1 aliphatic heterocycles. The quantitative estimate of drug-likeness (QED) is 0.771. The Balaban J connectivity index is 1.37. The molecule has 0 spiro atoms. The Morgan fingerprint density at radius 3 is 2.67 bits per heavy atom. The van der Waals surface area contributed by atoms with E-state index in [9.17, 15) is 14.0 Å². The molecule has 1 fully saturated rings. The van der Waals surface area contributed by atoms with Crippen LogP contribution >= 0.6 is 0 Å². The second-order valence-corrected chi connectivity index (χ2v) is 8.22. The highest BCUT2D eigenvalue weighted by Gasteiger charge is 2.27. The van der Waals surface area contributed by atoms with Crippen molar-refractivity contribution < 1.29 is 18.7 Å². The van der Waals surface area contributed by atoms with Gasteiger partial charge < -0.3 is 15.4 Å². The van der Waals surface area contributed by atoms with Gasteiger partial charge in [0.25, 0.3) is 5.91 Å². The largest absolute Gasteiger partial charge is 0.492 e. The van der Waals surface area contributed by atoms with Gasteiger partial charge in [0.05, 0.1) is 11.5 Å². The number of halogens is 1. The van der Waals surface area contributed by atoms with E-state index in [1.807, 2.05) is 0 Å². The molecule has 1 aliphatic carbocycles. The van der Waals surface area contributed by atoms with Crippen LogP contribution in [0.25, 0.3) is 0 Å². The normalized spacial score (nSPS) is 18.8. The van der Waals surface area contributed by atoms with Gasteiger partial charge in [-0.05, 0) is 61.1 Å². The Kier molecular flexibility index (Phi) is 6.31. The fraction of sp³-hybridized carbons (Fsp3) is 0.417. The summed E-state index contributed by atoms with van der Waals surface area (Å²) in [7, 11) is 0. The van der Waals surface area contributed by atoms with Crippen LogP contribution in [-0.2, 0) is 11.2 Å². The lowest BCUT2D eigenvalue weighted by atomic mass is 9.89. The summed E-state index contributed by atoms with van der Waals surface area (Å²) in [4.78, 5) is 25.0. The van der Waals surface area contributed by atoms with E-state index in [1.54, 1.807) is 30.3 Å². The zero-order chi connectivity index (χ0) is 20.9. The number of carbonyl (C=O) groups excluding carboxylic acids is 2. The van der Waals surface area contributed by atoms with Crippen molar-refractivity contribution in [2.75, 3.05) is 18.5 Å². The number of hydrogen-bond acceptors (Lipinski definition) is 3. The van der Waals surface area contributed by atoms with E-state index in [0.29, 0.717) is 24.6 Å². The molecule has 2 N–H and O–H groups in total. The minimum absolute atomic E-state index is 0.00793. The molecule has 0 aromatic heterocycles. The molecule has 1 saturated carbocycles. The number of carbonyl (C=O) groups is 2. The first kappa shape index (κ1) is 20.4. The van der Waals surface area contributed by atoms with Gasteiger partial charge in [0.2, 0.25) is 5.91 Å². The lowest BCUT2D eigenvalue weighted by Gasteiger charge is -2.27. The summed E-state index contributed by atoms with van der Waals surface area (Å²) < 4.78 is 19.6. The van der Waals surface area contributed by atoms with Crippen molar-refractivity contribution in [1.29, 1.82) is 0 Å². The lowest BCUT2D eigenvalue weighted by molar-refractivity contribution is -0.126. The highest BCUT2D eigenvalue weighted by atomic mass is 19.1. The van der Waals surface area contributed by atoms with Crippen molar-refractivity contribution in [3.05, 3.63) is 59.4 Å². The van der Waals surface area contributed by atoms with E-state index in [0.717, 1.165) is 17.9 Å². The summed E-state index contributed by atoms with van der Waals surface area (Å²) in [5.41, 5.74) is 1.41. The Labute approximate surface area is 176 Å². The Morgan fingerprint density at radius 2 is 1.87 bits per heavy atom. The summed E-state index contributed by atoms with van der Waals surface area (Å²) in [5, 5.41) is 5.82. The number of nitrogens with one attached hydrogen (secondary N) is 2. The molecule has 1 atom stereocenters. The van der Waals surface area contributed by atoms with E-state index < -0.39 is 11.7 Å². The third-order valence-electron chi connectivity index (χ3n) is 6.00. The number of amides is 2. The first-order chi connectivity index (χ1) is 14.6. The lowest BCUT2D eigenvalue weighted by Crippen LogP contribution is -2.39. The number of hydrogen-bond donors (Lipinski definition) is 2. The van der Waals surface area contributed by atoms with Gasteiger partial charge in [0, 0.05) is 12.2 Å². The molecule has 5 nitrogen and oxygen atoms in total. The van der Waals surface area contributed by atoms with Gasteiger partial charge in [0.1, 0.15) is 18.2 Å². The van der Waals surface area contributed by atoms with Gasteiger partial charge in [-0.25, -0.2) is 4.39 Å². The van der Waals surface area contributed by atoms with E-state index >= 15 is 0 Å². The molecule has 30 heavy (non-hydrogen) atoms. The molecule has 0 radical (unpaired) electrons. The van der Waals surface area contributed by atoms with Crippen molar-refractivity contribution in [2.24, 2.45) is 11.8 Å². The smallest absolute Gasteiger partial charge is 0.258 e. The monoisotopic (exact) mass is 410 g/mol. The van der Waals surface area contributed by atoms with Crippen molar-refractivity contribution in [3.8, 4) is 5.75 Å². The first-order valence-corrected chi connectivity index (χ1v) is 10.7. The third-order valence-corrected chi connectivity index (χ3v) is 6.00. The van der Waals surface area contributed by atoms with Gasteiger partial charge in [-0.2, -0.15) is 0 Å². The summed E-state index contributed by atoms with van der Waals surface area (Å²) in [5.74, 6) is -0.00177. The van der Waals surface area contributed by atoms with Gasteiger partial charge in [-0.1, -0.05) is 31.4 Å². The average Bonchev–Trinajstić information content (AvgIpc) is 2.78. The van der Waals surface area contributed by atoms with Gasteiger partial charge in [-0.3, -0.25) is 9.59 Å². The van der Waals surface area contributed by atoms with Crippen LogP contribution in [0.4, 0.5) is 10.1 Å². The minimum atomic E-state index is -0.564. The number of benzene rings is 2. The molecular formula is C24H27FN2O3. The fourth-order valence-electron chi connectivity index (χ4n) is 4.26. The van der Waals surface area contributed by atoms with Crippen LogP contribution in [0.5, 0.6) is 5.75 Å². The predicted octanol–water partition coefficient (Wildman–Crippen LogP) is 4.33. The van der Waals surface area contributed by atoms with Crippen LogP contribution in [0.1, 0.15) is 48.0 Å². The summed E-state index contributed by atoms with van der Waals surface area (Å²) >= 11 is 0. The van der Waals surface area contributed by atoms with E-state index in [2.05, 4.69) is 10.6 Å². The van der Waals surface area contributed by atoms with Crippen LogP contribution in [0.15, 0.2) is 42.5 Å². The molecule has 158 valence electrons. The maximum atomic E-state index is 13.8. The molecule has 0 unspecified atom stereocenters. The van der Waals surface area contributed by atoms with Gasteiger partial charge >= 0.3 is 0 Å². The zero-order valence-corrected chi connectivity index (χ0v) is 17.0. The molecule has 1 heterocycles. The van der Waals surface area contributed by atoms with Crippen molar-refractivity contribution in [3.63, 3.8) is 0 Å². The molecule has 2 amide bonds. The molecular weight excluding hydrogens is 383 g/mol. The van der Waals surface area contributed by atoms with Crippen molar-refractivity contribution in [1.82, 2.24) is 5.32 Å². The first-order valence-electron chi connectivity index (χ1n) is 10.7. The zero-order valence-electron chi connectivity index (χ0n) is 17.0. The summed E-state index contributed by atoms with van der Waals surface area (Å²) in [6, 6.07) is 11.2. The fourth-order valence-corrected chi connectivity index (χ4v) is 4.26. The van der Waals surface area contributed by atoms with Crippen LogP contribution in [-0.4, -0.2) is 25.0 Å². The average molecular weight is 410 g/mol. The highest BCUT2D eigenvalue weighted by molar-refractivity contribution is 6.04. The minimum Gasteiger partial charge on any atom is -0.492 e. The van der Waals surface area contributed by atoms with Gasteiger partial charge in [0.15, 0.2) is 0 Å². The topological polar surface area (TPSA) is 67.4 Å². The summed E-state index contributed by atoms with van der Waals surface area (Å²) in [6.07, 6.45) is 6.73. The standard InChI is InChI=1S/C24H27FN2O3/c25-21-9-5-4-8-20(21)24(29)27-19-10-11-22-17(13-19)12-18(15-30-22)23(28)26-14-16-6-2-1-3-7-16/h4-5,8-11,13,16,18H,1-3,6-7,12,14-15H2,(H,26,28)(H,27,29)/t18-/m1/s1. The third kappa shape index (κ3) is 4.81. The molecule has 6 heteroatoms. The molecule has 0 saturated heterocycles. The molecule has 2 aromatic carbocycles. The van der Waals surface area contributed by atoms with Crippen LogP contribution in [0.3, 0.4) is 0 Å². The molecule has 2 aromatic rings. The van der Waals surface area contributed by atoms with E-state index in [4.69, 9.17) is 4.74 Å². The highest BCUT2D eigenvalue weighted by Crippen LogP contribution is 2.30.